The molecule has 2 N–H and O–H groups in total. The Balaban J connectivity index is 2.48. The highest BCUT2D eigenvalue weighted by Crippen LogP contribution is 2.12. The van der Waals surface area contributed by atoms with Gasteiger partial charge in [-0.05, 0) is 12.0 Å². The summed E-state index contributed by atoms with van der Waals surface area (Å²) in [5, 5.41) is 0. The van der Waals surface area contributed by atoms with Crippen molar-refractivity contribution in [3.05, 3.63) is 35.9 Å². The van der Waals surface area contributed by atoms with Gasteiger partial charge in [0.25, 0.3) is 0 Å². The van der Waals surface area contributed by atoms with Gasteiger partial charge in [-0.1, -0.05) is 30.3 Å². The zero-order chi connectivity index (χ0) is 8.81. The number of methoxy groups -OCH3 is 1. The van der Waals surface area contributed by atoms with Crippen LogP contribution in [0.25, 0.3) is 0 Å². The molecule has 1 aromatic carbocycles. The molecule has 1 atom stereocenters. The lowest BCUT2D eigenvalue weighted by Crippen LogP contribution is -2.12. The first kappa shape index (κ1) is 9.23. The number of benzene rings is 1. The minimum absolute atomic E-state index is 0.103. The summed E-state index contributed by atoms with van der Waals surface area (Å²) in [7, 11) is 1.69. The molecular formula is C10H15NO. The van der Waals surface area contributed by atoms with Gasteiger partial charge in [0.15, 0.2) is 0 Å². The first-order chi connectivity index (χ1) is 5.84. The van der Waals surface area contributed by atoms with Crippen LogP contribution in [0, 0.1) is 0 Å². The van der Waals surface area contributed by atoms with E-state index in [9.17, 15) is 0 Å². The van der Waals surface area contributed by atoms with Gasteiger partial charge in [0.05, 0.1) is 0 Å². The second-order valence-electron chi connectivity index (χ2n) is 2.80. The van der Waals surface area contributed by atoms with Crippen molar-refractivity contribution in [3.8, 4) is 0 Å². The third kappa shape index (κ3) is 2.64. The van der Waals surface area contributed by atoms with Gasteiger partial charge < -0.3 is 10.5 Å². The fourth-order valence-corrected chi connectivity index (χ4v) is 1.11. The quantitative estimate of drug-likeness (QED) is 0.737. The Bertz CT molecular complexity index is 210. The van der Waals surface area contributed by atoms with Crippen molar-refractivity contribution in [2.45, 2.75) is 12.5 Å². The molecule has 0 saturated carbocycles. The summed E-state index contributed by atoms with van der Waals surface area (Å²) in [6.07, 6.45) is 0.876. The zero-order valence-electron chi connectivity index (χ0n) is 7.36. The Kier molecular flexibility index (Phi) is 3.77. The normalized spacial score (nSPS) is 12.8. The van der Waals surface area contributed by atoms with Crippen molar-refractivity contribution in [1.29, 1.82) is 0 Å². The second-order valence-corrected chi connectivity index (χ2v) is 2.80. The predicted molar refractivity (Wildman–Crippen MR) is 49.9 cm³/mol. The highest BCUT2D eigenvalue weighted by atomic mass is 16.5. The second kappa shape index (κ2) is 4.91. The zero-order valence-corrected chi connectivity index (χ0v) is 7.36. The average Bonchev–Trinajstić information content (AvgIpc) is 2.15. The highest BCUT2D eigenvalue weighted by molar-refractivity contribution is 5.18. The van der Waals surface area contributed by atoms with Crippen molar-refractivity contribution in [2.75, 3.05) is 13.7 Å². The Labute approximate surface area is 73.3 Å². The van der Waals surface area contributed by atoms with Crippen LogP contribution >= 0.6 is 0 Å². The summed E-state index contributed by atoms with van der Waals surface area (Å²) in [5.74, 6) is 0. The molecule has 0 amide bonds. The van der Waals surface area contributed by atoms with Gasteiger partial charge in [-0.2, -0.15) is 0 Å². The Morgan fingerprint density at radius 3 is 2.58 bits per heavy atom. The van der Waals surface area contributed by atoms with Crippen LogP contribution in [0.2, 0.25) is 0 Å². The molecule has 0 spiro atoms. The molecule has 2 nitrogen and oxygen atoms in total. The van der Waals surface area contributed by atoms with Crippen molar-refractivity contribution >= 4 is 0 Å². The molecule has 0 aliphatic rings. The van der Waals surface area contributed by atoms with Crippen LogP contribution in [0.4, 0.5) is 0 Å². The SMILES string of the molecule is COCC[C@@H](N)c1ccccc1. The molecule has 1 rings (SSSR count). The van der Waals surface area contributed by atoms with E-state index in [-0.39, 0.29) is 6.04 Å². The van der Waals surface area contributed by atoms with Gasteiger partial charge in [-0.25, -0.2) is 0 Å². The largest absolute Gasteiger partial charge is 0.385 e. The summed E-state index contributed by atoms with van der Waals surface area (Å²) < 4.78 is 4.95. The first-order valence-corrected chi connectivity index (χ1v) is 4.14. The van der Waals surface area contributed by atoms with Gasteiger partial charge in [-0.15, -0.1) is 0 Å². The lowest BCUT2D eigenvalue weighted by molar-refractivity contribution is 0.188. The number of hydrogen-bond donors (Lipinski definition) is 1. The maximum Gasteiger partial charge on any atom is 0.0480 e. The molecule has 0 heterocycles. The van der Waals surface area contributed by atoms with Crippen molar-refractivity contribution in [3.63, 3.8) is 0 Å². The van der Waals surface area contributed by atoms with E-state index in [1.807, 2.05) is 30.3 Å². The van der Waals surface area contributed by atoms with Gasteiger partial charge in [0.2, 0.25) is 0 Å². The highest BCUT2D eigenvalue weighted by Gasteiger charge is 2.03. The molecule has 0 aliphatic heterocycles. The van der Waals surface area contributed by atoms with Crippen molar-refractivity contribution < 1.29 is 4.74 Å². The number of nitrogens with two attached hydrogens (primary N) is 1. The summed E-state index contributed by atoms with van der Waals surface area (Å²) in [4.78, 5) is 0. The molecule has 2 heteroatoms. The third-order valence-electron chi connectivity index (χ3n) is 1.86. The molecule has 0 radical (unpaired) electrons. The average molecular weight is 165 g/mol. The topological polar surface area (TPSA) is 35.2 Å². The van der Waals surface area contributed by atoms with Crippen LogP contribution in [0.1, 0.15) is 18.0 Å². The molecule has 0 unspecified atom stereocenters. The van der Waals surface area contributed by atoms with E-state index in [1.165, 1.54) is 5.56 Å². The fourth-order valence-electron chi connectivity index (χ4n) is 1.11. The molecule has 12 heavy (non-hydrogen) atoms. The standard InChI is InChI=1S/C10H15NO/c1-12-8-7-10(11)9-5-3-2-4-6-9/h2-6,10H,7-8,11H2,1H3/t10-/m1/s1. The van der Waals surface area contributed by atoms with E-state index in [0.29, 0.717) is 0 Å². The fraction of sp³-hybridized carbons (Fsp3) is 0.400. The van der Waals surface area contributed by atoms with Crippen molar-refractivity contribution in [2.24, 2.45) is 5.73 Å². The van der Waals surface area contributed by atoms with Crippen LogP contribution < -0.4 is 5.73 Å². The minimum atomic E-state index is 0.103. The van der Waals surface area contributed by atoms with Crippen LogP contribution in [0.3, 0.4) is 0 Å². The lowest BCUT2D eigenvalue weighted by atomic mass is 10.1. The summed E-state index contributed by atoms with van der Waals surface area (Å²) in [6, 6.07) is 10.2. The molecule has 0 fully saturated rings. The van der Waals surface area contributed by atoms with E-state index in [4.69, 9.17) is 10.5 Å². The monoisotopic (exact) mass is 165 g/mol. The van der Waals surface area contributed by atoms with Crippen LogP contribution in [0.5, 0.6) is 0 Å². The van der Waals surface area contributed by atoms with E-state index in [0.717, 1.165) is 13.0 Å². The lowest BCUT2D eigenvalue weighted by Gasteiger charge is -2.10. The van der Waals surface area contributed by atoms with Crippen LogP contribution in [-0.2, 0) is 4.74 Å². The maximum absolute atomic E-state index is 5.90. The van der Waals surface area contributed by atoms with E-state index in [1.54, 1.807) is 7.11 Å². The Morgan fingerprint density at radius 1 is 1.33 bits per heavy atom. The van der Waals surface area contributed by atoms with Gasteiger partial charge in [0.1, 0.15) is 0 Å². The van der Waals surface area contributed by atoms with Gasteiger partial charge in [-0.3, -0.25) is 0 Å². The summed E-state index contributed by atoms with van der Waals surface area (Å²) in [5.41, 5.74) is 7.08. The number of ether oxygens (including phenoxy) is 1. The smallest absolute Gasteiger partial charge is 0.0480 e. The molecule has 0 aromatic heterocycles. The van der Waals surface area contributed by atoms with E-state index >= 15 is 0 Å². The van der Waals surface area contributed by atoms with Gasteiger partial charge in [0, 0.05) is 19.8 Å². The Hall–Kier alpha value is -0.860. The number of rotatable bonds is 4. The third-order valence-corrected chi connectivity index (χ3v) is 1.86. The molecule has 66 valence electrons. The minimum Gasteiger partial charge on any atom is -0.385 e. The summed E-state index contributed by atoms with van der Waals surface area (Å²) in [6.45, 7) is 0.718. The van der Waals surface area contributed by atoms with Crippen LogP contribution in [-0.4, -0.2) is 13.7 Å². The molecular weight excluding hydrogens is 150 g/mol. The molecule has 1 aromatic rings. The number of hydrogen-bond acceptors (Lipinski definition) is 2. The predicted octanol–water partition coefficient (Wildman–Crippen LogP) is 1.72. The van der Waals surface area contributed by atoms with Crippen molar-refractivity contribution in [1.82, 2.24) is 0 Å². The first-order valence-electron chi connectivity index (χ1n) is 4.14. The van der Waals surface area contributed by atoms with E-state index < -0.39 is 0 Å². The molecule has 0 bridgehead atoms. The van der Waals surface area contributed by atoms with E-state index in [2.05, 4.69) is 0 Å². The van der Waals surface area contributed by atoms with Gasteiger partial charge >= 0.3 is 0 Å². The molecule has 0 aliphatic carbocycles. The van der Waals surface area contributed by atoms with Crippen LogP contribution in [0.15, 0.2) is 30.3 Å². The summed E-state index contributed by atoms with van der Waals surface area (Å²) >= 11 is 0. The molecule has 0 saturated heterocycles. The Morgan fingerprint density at radius 2 is 2.00 bits per heavy atom. The maximum atomic E-state index is 5.90.